The van der Waals surface area contributed by atoms with Gasteiger partial charge in [-0.15, -0.1) is 12.8 Å². The number of para-hydroxylation sites is 1. The Kier molecular flexibility index (Phi) is 37.0. The molecule has 135 heavy (non-hydrogen) atoms. The summed E-state index contributed by atoms with van der Waals surface area (Å²) in [7, 11) is 0. The number of H-pyrrole nitrogens is 2. The van der Waals surface area contributed by atoms with Crippen molar-refractivity contribution in [1.29, 1.82) is 0 Å². The summed E-state index contributed by atoms with van der Waals surface area (Å²) in [6.07, 6.45) is 19.4. The van der Waals surface area contributed by atoms with Crippen molar-refractivity contribution in [1.82, 2.24) is 44.9 Å². The predicted octanol–water partition coefficient (Wildman–Crippen LogP) is 31.8. The number of fused-ring (bicyclic) bond motifs is 3. The van der Waals surface area contributed by atoms with Gasteiger partial charge in [-0.05, 0) is 217 Å². The third-order valence-corrected chi connectivity index (χ3v) is 24.4. The number of terminal acetylenes is 2. The second-order valence-corrected chi connectivity index (χ2v) is 54.1. The third-order valence-electron chi connectivity index (χ3n) is 24.4. The van der Waals surface area contributed by atoms with Crippen LogP contribution in [0.25, 0.3) is 28.0 Å². The molecule has 0 bridgehead atoms. The molecule has 9 heterocycles. The molecule has 12 heteroatoms. The number of hydrogen-bond acceptors (Lipinski definition) is 10. The van der Waals surface area contributed by atoms with Gasteiger partial charge in [-0.3, -0.25) is 24.7 Å². The van der Waals surface area contributed by atoms with Gasteiger partial charge in [0.15, 0.2) is 0 Å². The lowest BCUT2D eigenvalue weighted by molar-refractivity contribution is 0.545. The number of nitrogens with one attached hydrogen (secondary N) is 2. The fourth-order valence-electron chi connectivity index (χ4n) is 16.1. The summed E-state index contributed by atoms with van der Waals surface area (Å²) in [5.74, 6) is 6.38. The van der Waals surface area contributed by atoms with Crippen molar-refractivity contribution in [3.05, 3.63) is 242 Å². The number of hydrogen-bond donors (Lipinski definition) is 4. The number of benzene rings is 1. The van der Waals surface area contributed by atoms with Crippen molar-refractivity contribution in [3.63, 3.8) is 0 Å². The van der Waals surface area contributed by atoms with E-state index in [9.17, 15) is 4.79 Å². The van der Waals surface area contributed by atoms with Crippen molar-refractivity contribution < 1.29 is 0 Å². The summed E-state index contributed by atoms with van der Waals surface area (Å²) in [5, 5.41) is 2.52. The van der Waals surface area contributed by atoms with Gasteiger partial charge in [-0.2, -0.15) is 0 Å². The number of aromatic nitrogens is 9. The van der Waals surface area contributed by atoms with E-state index in [2.05, 4.69) is 489 Å². The van der Waals surface area contributed by atoms with E-state index >= 15 is 0 Å². The van der Waals surface area contributed by atoms with Crippen LogP contribution in [0.5, 0.6) is 0 Å². The molecule has 11 rings (SSSR count). The van der Waals surface area contributed by atoms with E-state index in [0.717, 1.165) is 80.4 Å². The van der Waals surface area contributed by atoms with Crippen molar-refractivity contribution in [3.8, 4) is 24.7 Å². The molecule has 1 aromatic carbocycles. The summed E-state index contributed by atoms with van der Waals surface area (Å²) in [6, 6.07) is 28.4. The number of nitrogen functional groups attached to an aromatic ring is 2. The molecule has 1 aliphatic rings. The Morgan fingerprint density at radius 2 is 0.770 bits per heavy atom. The minimum Gasteiger partial charge on any atom is -0.383 e. The predicted molar refractivity (Wildman–Crippen MR) is 591 cm³/mol. The fraction of sp³-hybridized carbons (Fsp3) is 0.577. The Morgan fingerprint density at radius 1 is 0.363 bits per heavy atom. The standard InChI is InChI=1S/C17H23N.C16H24N2.C16H23N.C15H22N2.C15H26N2.C15H21NO.C15H25N.C14H23N/c1-16(2,3)13-11-15(17(4,5)6)18-14-10-8-7-9-12(13)14;1-9-11-12(15(3,4)5)10(2)13(16(6,7)8)18-14(11)17;1-15(2,3)12-10-14(16(4,5)6)17-13-9-7-8-11(12)13;1-14(2,3)11-9-12(15(4,5)6)17-13-10(11)7-8-16-13;1-8-10-11(14(2,3)4)9-12(15(5,6)7)17-13(10)16;1-8-10-11(14(2,3)4)9-12(15(5,6)7)16-13(10)17;1-10-11(2)16-13(15(6,7)8)9-12(10)14(3,4)5;1-10-8-11(13(2,3)4)9-12(15-10)14(5,6)7/h7-11H,1-6H3;1H,2-8H3,(H2,17,18);7,9-10H,8H2,1-6H3;7-9H,1-6H3,(H,16,17);9H,8H2,1-7H3,(H2,16,17);1,9H,2-7H3,(H,16,17);9H,1-8H3;8-9H,1-7H3. The van der Waals surface area contributed by atoms with Gasteiger partial charge < -0.3 is 21.4 Å². The zero-order valence-electron chi connectivity index (χ0n) is 95.5. The number of rotatable bonds is 1. The maximum absolute atomic E-state index is 12.0. The van der Waals surface area contributed by atoms with Crippen LogP contribution < -0.4 is 17.0 Å². The van der Waals surface area contributed by atoms with Crippen LogP contribution in [0.3, 0.4) is 0 Å². The van der Waals surface area contributed by atoms with Crippen molar-refractivity contribution >= 4 is 39.6 Å². The number of pyridine rings is 8. The van der Waals surface area contributed by atoms with Gasteiger partial charge in [-0.25, -0.2) is 15.0 Å². The molecule has 10 aromatic rings. The maximum atomic E-state index is 12.0. The summed E-state index contributed by atoms with van der Waals surface area (Å²) < 4.78 is 0. The minimum absolute atomic E-state index is 0.0364. The van der Waals surface area contributed by atoms with Crippen LogP contribution in [-0.4, -0.2) is 44.9 Å². The molecule has 0 fully saturated rings. The minimum atomic E-state index is -0.162. The van der Waals surface area contributed by atoms with E-state index in [4.69, 9.17) is 44.2 Å². The Hall–Kier alpha value is -9.52. The van der Waals surface area contributed by atoms with Gasteiger partial charge in [0.2, 0.25) is 0 Å². The lowest BCUT2D eigenvalue weighted by Crippen LogP contribution is -2.26. The van der Waals surface area contributed by atoms with Gasteiger partial charge >= 0.3 is 0 Å². The zero-order chi connectivity index (χ0) is 105. The quantitative estimate of drug-likeness (QED) is 0.115. The summed E-state index contributed by atoms with van der Waals surface area (Å²) in [5.41, 5.74) is 44.5. The summed E-state index contributed by atoms with van der Waals surface area (Å²) in [6.45, 7) is 116. The second-order valence-electron chi connectivity index (χ2n) is 54.1. The normalized spacial score (nSPS) is 13.1. The molecule has 0 spiro atoms. The van der Waals surface area contributed by atoms with Crippen LogP contribution in [-0.2, 0) is 99.5 Å². The zero-order valence-corrected chi connectivity index (χ0v) is 95.5. The molecule has 9 aromatic heterocycles. The van der Waals surface area contributed by atoms with E-state index in [0.29, 0.717) is 17.2 Å². The first-order valence-corrected chi connectivity index (χ1v) is 49.3. The van der Waals surface area contributed by atoms with Crippen LogP contribution in [0, 0.1) is 52.4 Å². The van der Waals surface area contributed by atoms with E-state index in [-0.39, 0.29) is 92.2 Å². The monoisotopic (exact) mass is 1830 g/mol. The van der Waals surface area contributed by atoms with Crippen LogP contribution in [0.1, 0.15) is 480 Å². The fourth-order valence-corrected chi connectivity index (χ4v) is 16.1. The highest BCUT2D eigenvalue weighted by Crippen LogP contribution is 2.42. The molecule has 6 N–H and O–H groups in total. The second kappa shape index (κ2) is 42.4. The molecule has 740 valence electrons. The Morgan fingerprint density at radius 3 is 1.19 bits per heavy atom. The smallest absolute Gasteiger partial charge is 0.264 e. The van der Waals surface area contributed by atoms with Crippen LogP contribution >= 0.6 is 0 Å². The SMILES string of the molecule is C#Cc1c(C(C)(C)C)cc(C(C)(C)C)[nH]c1=O.C#Cc1c(N)nc(C(C)(C)C)c(C)c1C(C)(C)C.CC(C)(C)c1cc(C(C)(C)C)c2c(n1)C=CC2.CC(C)(C)c1cc(C(C)(C)C)c2cc[nH]c2n1.CC(C)(C)c1cc(C(C)(C)C)c2ccccc2n1.CCc1c(C(C)(C)C)cc(C(C)(C)C)nc1N.Cc1cc(C(C)(C)C)cc(C(C)(C)C)n1.Cc1nc(C(C)(C)C)cc(C(C)(C)C)c1C. The van der Waals surface area contributed by atoms with Gasteiger partial charge in [0.1, 0.15) is 17.3 Å². The molecule has 0 saturated heterocycles. The Balaban J connectivity index is 0.000000323. The van der Waals surface area contributed by atoms with Crippen LogP contribution in [0.2, 0.25) is 0 Å². The molecule has 0 atom stereocenters. The van der Waals surface area contributed by atoms with E-state index < -0.39 is 0 Å². The lowest BCUT2D eigenvalue weighted by atomic mass is 9.77. The highest BCUT2D eigenvalue weighted by atomic mass is 16.1. The highest BCUT2D eigenvalue weighted by Gasteiger charge is 2.34. The number of nitrogens with zero attached hydrogens (tertiary/aromatic N) is 7. The Bertz CT molecular complexity index is 5880. The van der Waals surface area contributed by atoms with E-state index in [1.165, 1.54) is 89.3 Å². The first-order valence-electron chi connectivity index (χ1n) is 49.3. The molecule has 0 saturated carbocycles. The molecule has 0 radical (unpaired) electrons. The van der Waals surface area contributed by atoms with Gasteiger partial charge in [0.05, 0.1) is 28.0 Å². The first kappa shape index (κ1) is 118. The molecule has 0 amide bonds. The van der Waals surface area contributed by atoms with Crippen molar-refractivity contribution in [2.75, 3.05) is 11.5 Å². The Labute approximate surface area is 823 Å². The molecule has 12 nitrogen and oxygen atoms in total. The number of nitrogens with two attached hydrogens (primary N) is 2. The number of aryl methyl sites for hydroxylation is 2. The van der Waals surface area contributed by atoms with Gasteiger partial charge in [0, 0.05) is 112 Å². The van der Waals surface area contributed by atoms with E-state index in [1.54, 1.807) is 0 Å². The molecule has 0 aliphatic heterocycles. The van der Waals surface area contributed by atoms with Gasteiger partial charge in [-0.1, -0.05) is 375 Å². The topological polar surface area (TPSA) is 191 Å². The molecular weight excluding hydrogens is 1650 g/mol. The van der Waals surface area contributed by atoms with E-state index in [1.807, 2.05) is 12.3 Å². The van der Waals surface area contributed by atoms with Gasteiger partial charge in [0.25, 0.3) is 5.56 Å². The number of allylic oxidation sites excluding steroid dienone is 1. The average Bonchev–Trinajstić information content (AvgIpc) is 0.975. The average molecular weight is 1840 g/mol. The molecular formula is C123H187N11O. The molecule has 0 unspecified atom stereocenters. The number of anilines is 2. The first-order chi connectivity index (χ1) is 60.4. The highest BCUT2D eigenvalue weighted by molar-refractivity contribution is 5.84. The largest absolute Gasteiger partial charge is 0.383 e. The lowest BCUT2D eigenvalue weighted by Gasteiger charge is -2.29. The van der Waals surface area contributed by atoms with Crippen molar-refractivity contribution in [2.24, 2.45) is 0 Å². The summed E-state index contributed by atoms with van der Waals surface area (Å²) >= 11 is 0. The van der Waals surface area contributed by atoms with Crippen LogP contribution in [0.15, 0.2) is 95.9 Å². The maximum Gasteiger partial charge on any atom is 0.264 e. The summed E-state index contributed by atoms with van der Waals surface area (Å²) in [4.78, 5) is 50.9. The third kappa shape index (κ3) is 32.6. The van der Waals surface area contributed by atoms with Crippen LogP contribution in [0.4, 0.5) is 11.6 Å². The molecule has 1 aliphatic carbocycles. The van der Waals surface area contributed by atoms with Crippen molar-refractivity contribution in [2.45, 2.75) is 466 Å². The number of aromatic amines is 2.